The highest BCUT2D eigenvalue weighted by molar-refractivity contribution is 7.92. The zero-order valence-corrected chi connectivity index (χ0v) is 11.8. The predicted molar refractivity (Wildman–Crippen MR) is 72.5 cm³/mol. The number of benzene rings is 1. The minimum absolute atomic E-state index is 0.0136. The molecule has 2 unspecified atom stereocenters. The Morgan fingerprint density at radius 2 is 2.00 bits per heavy atom. The van der Waals surface area contributed by atoms with Crippen LogP contribution in [0.4, 0.5) is 0 Å². The Kier molecular flexibility index (Phi) is 6.30. The van der Waals surface area contributed by atoms with Crippen LogP contribution in [0.2, 0.25) is 0 Å². The number of carboxylic acids is 1. The molecule has 5 nitrogen and oxygen atoms in total. The molecule has 2 N–H and O–H groups in total. The number of hydrogen-bond donors (Lipinski definition) is 2. The maximum absolute atomic E-state index is 11.7. The van der Waals surface area contributed by atoms with Crippen LogP contribution in [-0.2, 0) is 27.2 Å². The SMILES string of the molecule is CC(=O)C[S+]([O-])c1ccc(CC(NCl)C(=O)O)cc1. The summed E-state index contributed by atoms with van der Waals surface area (Å²) in [7, 11) is 0. The second kappa shape index (κ2) is 7.49. The first-order valence-electron chi connectivity index (χ1n) is 5.49. The van der Waals surface area contributed by atoms with Crippen molar-refractivity contribution in [1.29, 1.82) is 0 Å². The van der Waals surface area contributed by atoms with Crippen molar-refractivity contribution >= 4 is 34.7 Å². The molecule has 0 aliphatic carbocycles. The van der Waals surface area contributed by atoms with Crippen molar-refractivity contribution in [1.82, 2.24) is 4.84 Å². The highest BCUT2D eigenvalue weighted by atomic mass is 35.5. The van der Waals surface area contributed by atoms with Gasteiger partial charge in [-0.25, -0.2) is 4.84 Å². The highest BCUT2D eigenvalue weighted by Crippen LogP contribution is 2.14. The Bertz CT molecular complexity index is 452. The number of carbonyl (C=O) groups excluding carboxylic acids is 1. The molecule has 1 aromatic rings. The van der Waals surface area contributed by atoms with E-state index in [2.05, 4.69) is 4.84 Å². The Morgan fingerprint density at radius 3 is 2.42 bits per heavy atom. The number of aliphatic carboxylic acids is 1. The molecule has 1 aromatic carbocycles. The Hall–Kier alpha value is -1.08. The topological polar surface area (TPSA) is 89.5 Å². The second-order valence-corrected chi connectivity index (χ2v) is 5.71. The first-order chi connectivity index (χ1) is 8.93. The van der Waals surface area contributed by atoms with Crippen LogP contribution in [0.5, 0.6) is 0 Å². The highest BCUT2D eigenvalue weighted by Gasteiger charge is 2.17. The third-order valence-corrected chi connectivity index (χ3v) is 4.12. The van der Waals surface area contributed by atoms with Gasteiger partial charge in [-0.3, -0.25) is 9.59 Å². The fourth-order valence-electron chi connectivity index (χ4n) is 1.45. The number of Topliss-reactive ketones (excluding diaryl/α,β-unsaturated/α-hetero) is 1. The van der Waals surface area contributed by atoms with Gasteiger partial charge < -0.3 is 9.66 Å². The van der Waals surface area contributed by atoms with Gasteiger partial charge in [-0.2, -0.15) is 0 Å². The minimum atomic E-state index is -1.35. The molecule has 7 heteroatoms. The lowest BCUT2D eigenvalue weighted by Gasteiger charge is -2.11. The van der Waals surface area contributed by atoms with E-state index in [1.54, 1.807) is 24.3 Å². The molecule has 0 aliphatic heterocycles. The van der Waals surface area contributed by atoms with Gasteiger partial charge in [0.25, 0.3) is 0 Å². The van der Waals surface area contributed by atoms with Crippen molar-refractivity contribution in [2.45, 2.75) is 24.3 Å². The Balaban J connectivity index is 2.70. The van der Waals surface area contributed by atoms with Crippen molar-refractivity contribution in [3.05, 3.63) is 29.8 Å². The number of halogens is 1. The van der Waals surface area contributed by atoms with Crippen LogP contribution in [-0.4, -0.2) is 33.2 Å². The molecular weight excluding hydrogens is 290 g/mol. The molecule has 2 atom stereocenters. The van der Waals surface area contributed by atoms with Gasteiger partial charge in [0.2, 0.25) is 0 Å². The van der Waals surface area contributed by atoms with E-state index in [0.717, 1.165) is 5.56 Å². The summed E-state index contributed by atoms with van der Waals surface area (Å²) in [5.41, 5.74) is 0.754. The number of nitrogens with one attached hydrogen (secondary N) is 1. The summed E-state index contributed by atoms with van der Waals surface area (Å²) >= 11 is 3.98. The molecule has 19 heavy (non-hydrogen) atoms. The quantitative estimate of drug-likeness (QED) is 0.582. The van der Waals surface area contributed by atoms with Crippen LogP contribution < -0.4 is 4.84 Å². The average molecular weight is 304 g/mol. The molecule has 0 aliphatic rings. The van der Waals surface area contributed by atoms with Crippen LogP contribution in [0, 0.1) is 0 Å². The third-order valence-electron chi connectivity index (χ3n) is 2.39. The first-order valence-corrected chi connectivity index (χ1v) is 7.19. The van der Waals surface area contributed by atoms with E-state index >= 15 is 0 Å². The van der Waals surface area contributed by atoms with Gasteiger partial charge in [0.05, 0.1) is 0 Å². The number of hydrogen-bond acceptors (Lipinski definition) is 4. The standard InChI is InChI=1S/C12H14ClNO4S/c1-8(15)7-19(18)10-4-2-9(3-5-10)6-11(14-13)12(16)17/h2-5,11,14H,6-7H2,1H3,(H,16,17). The van der Waals surface area contributed by atoms with E-state index in [0.29, 0.717) is 4.90 Å². The fraction of sp³-hybridized carbons (Fsp3) is 0.333. The van der Waals surface area contributed by atoms with E-state index in [9.17, 15) is 14.1 Å². The molecule has 1 rings (SSSR count). The van der Waals surface area contributed by atoms with Gasteiger partial charge in [-0.15, -0.1) is 0 Å². The molecule has 0 amide bonds. The van der Waals surface area contributed by atoms with Crippen LogP contribution >= 0.6 is 11.8 Å². The van der Waals surface area contributed by atoms with Crippen molar-refractivity contribution < 1.29 is 19.2 Å². The maximum Gasteiger partial charge on any atom is 0.322 e. The molecule has 104 valence electrons. The number of ketones is 1. The summed E-state index contributed by atoms with van der Waals surface area (Å²) in [6.07, 6.45) is 0.221. The van der Waals surface area contributed by atoms with Gasteiger partial charge in [-0.1, -0.05) is 12.1 Å². The molecule has 0 heterocycles. The fourth-order valence-corrected chi connectivity index (χ4v) is 2.60. The monoisotopic (exact) mass is 303 g/mol. The van der Waals surface area contributed by atoms with Crippen LogP contribution in [0.15, 0.2) is 29.2 Å². The zero-order chi connectivity index (χ0) is 14.4. The molecule has 0 saturated carbocycles. The van der Waals surface area contributed by atoms with E-state index < -0.39 is 23.2 Å². The first kappa shape index (κ1) is 16.0. The van der Waals surface area contributed by atoms with E-state index in [1.807, 2.05) is 0 Å². The van der Waals surface area contributed by atoms with Crippen molar-refractivity contribution in [3.8, 4) is 0 Å². The molecule has 0 bridgehead atoms. The van der Waals surface area contributed by atoms with Gasteiger partial charge >= 0.3 is 5.97 Å². The van der Waals surface area contributed by atoms with Crippen LogP contribution in [0.3, 0.4) is 0 Å². The van der Waals surface area contributed by atoms with Crippen molar-refractivity contribution in [2.75, 3.05) is 5.75 Å². The normalized spacial score (nSPS) is 13.8. The Labute approximate surface area is 119 Å². The molecule has 0 radical (unpaired) electrons. The van der Waals surface area contributed by atoms with Crippen LogP contribution in [0.1, 0.15) is 12.5 Å². The third kappa shape index (κ3) is 5.20. The molecule has 0 spiro atoms. The molecule has 0 saturated heterocycles. The lowest BCUT2D eigenvalue weighted by Crippen LogP contribution is -2.32. The Morgan fingerprint density at radius 1 is 1.42 bits per heavy atom. The summed E-state index contributed by atoms with van der Waals surface area (Å²) in [5.74, 6) is -1.20. The number of carboxylic acid groups (broad SMARTS) is 1. The number of rotatable bonds is 7. The lowest BCUT2D eigenvalue weighted by molar-refractivity contribution is -0.138. The maximum atomic E-state index is 11.7. The van der Waals surface area contributed by atoms with E-state index in [1.165, 1.54) is 6.92 Å². The summed E-state index contributed by atoms with van der Waals surface area (Å²) in [5, 5.41) is 8.84. The van der Waals surface area contributed by atoms with Gasteiger partial charge in [0, 0.05) is 0 Å². The zero-order valence-electron chi connectivity index (χ0n) is 10.3. The molecule has 0 aromatic heterocycles. The average Bonchev–Trinajstić information content (AvgIpc) is 2.35. The van der Waals surface area contributed by atoms with Gasteiger partial charge in [0.15, 0.2) is 16.4 Å². The van der Waals surface area contributed by atoms with Crippen molar-refractivity contribution in [3.63, 3.8) is 0 Å². The number of carbonyl (C=O) groups is 2. The molecule has 0 fully saturated rings. The predicted octanol–water partition coefficient (Wildman–Crippen LogP) is 1.12. The summed E-state index contributed by atoms with van der Waals surface area (Å²) in [4.78, 5) is 24.4. The minimum Gasteiger partial charge on any atom is -0.611 e. The van der Waals surface area contributed by atoms with E-state index in [4.69, 9.17) is 16.9 Å². The summed E-state index contributed by atoms with van der Waals surface area (Å²) in [6, 6.07) is 5.73. The lowest BCUT2D eigenvalue weighted by atomic mass is 10.1. The summed E-state index contributed by atoms with van der Waals surface area (Å²) in [6.45, 7) is 1.38. The largest absolute Gasteiger partial charge is 0.611 e. The molecular formula is C12H14ClNO4S. The summed E-state index contributed by atoms with van der Waals surface area (Å²) < 4.78 is 11.7. The van der Waals surface area contributed by atoms with Crippen molar-refractivity contribution in [2.24, 2.45) is 0 Å². The smallest absolute Gasteiger partial charge is 0.322 e. The second-order valence-electron chi connectivity index (χ2n) is 4.04. The van der Waals surface area contributed by atoms with Crippen LogP contribution in [0.25, 0.3) is 0 Å². The van der Waals surface area contributed by atoms with Gasteiger partial charge in [-0.05, 0) is 54.0 Å². The van der Waals surface area contributed by atoms with E-state index in [-0.39, 0.29) is 18.0 Å². The van der Waals surface area contributed by atoms with Gasteiger partial charge in [0.1, 0.15) is 6.04 Å².